The van der Waals surface area contributed by atoms with E-state index in [0.29, 0.717) is 16.3 Å². The zero-order valence-electron chi connectivity index (χ0n) is 14.0. The smallest absolute Gasteiger partial charge is 0.238 e. The second-order valence-corrected chi connectivity index (χ2v) is 7.64. The van der Waals surface area contributed by atoms with Crippen molar-refractivity contribution in [3.05, 3.63) is 71.3 Å². The summed E-state index contributed by atoms with van der Waals surface area (Å²) in [4.78, 5) is -0.196. The SMILES string of the molecule is COc1cc(-c2cc(F)c(F)cc2-c2ccccc2S(N)(=O)=O)ccc1Cl. The van der Waals surface area contributed by atoms with Crippen molar-refractivity contribution in [1.29, 1.82) is 0 Å². The molecule has 0 spiro atoms. The van der Waals surface area contributed by atoms with Gasteiger partial charge in [0.05, 0.1) is 17.0 Å². The molecule has 0 fully saturated rings. The van der Waals surface area contributed by atoms with Crippen molar-refractivity contribution in [2.45, 2.75) is 4.90 Å². The molecule has 0 aliphatic carbocycles. The molecule has 0 amide bonds. The summed E-state index contributed by atoms with van der Waals surface area (Å²) in [5, 5.41) is 5.63. The van der Waals surface area contributed by atoms with Crippen LogP contribution >= 0.6 is 11.6 Å². The summed E-state index contributed by atoms with van der Waals surface area (Å²) in [5.41, 5.74) is 1.06. The van der Waals surface area contributed by atoms with Gasteiger partial charge >= 0.3 is 0 Å². The third kappa shape index (κ3) is 3.80. The predicted molar refractivity (Wildman–Crippen MR) is 100 cm³/mol. The molecule has 140 valence electrons. The molecule has 2 N–H and O–H groups in total. The quantitative estimate of drug-likeness (QED) is 0.684. The zero-order chi connectivity index (χ0) is 19.8. The monoisotopic (exact) mass is 409 g/mol. The molecule has 0 unspecified atom stereocenters. The Hall–Kier alpha value is -2.48. The van der Waals surface area contributed by atoms with Gasteiger partial charge in [-0.2, -0.15) is 0 Å². The number of sulfonamides is 1. The molecule has 0 saturated heterocycles. The number of primary sulfonamides is 1. The molecule has 3 aromatic carbocycles. The van der Waals surface area contributed by atoms with Gasteiger partial charge < -0.3 is 4.74 Å². The highest BCUT2D eigenvalue weighted by Gasteiger charge is 2.20. The molecule has 0 heterocycles. The van der Waals surface area contributed by atoms with Crippen LogP contribution in [0.2, 0.25) is 5.02 Å². The van der Waals surface area contributed by atoms with E-state index in [2.05, 4.69) is 0 Å². The average Bonchev–Trinajstić information content (AvgIpc) is 2.63. The largest absolute Gasteiger partial charge is 0.495 e. The fourth-order valence-corrected chi connectivity index (χ4v) is 3.72. The summed E-state index contributed by atoms with van der Waals surface area (Å²) in [6, 6.07) is 12.5. The van der Waals surface area contributed by atoms with E-state index in [9.17, 15) is 17.2 Å². The highest BCUT2D eigenvalue weighted by molar-refractivity contribution is 7.89. The van der Waals surface area contributed by atoms with Crippen molar-refractivity contribution in [2.24, 2.45) is 5.14 Å². The van der Waals surface area contributed by atoms with Gasteiger partial charge in [-0.3, -0.25) is 0 Å². The second-order valence-electron chi connectivity index (χ2n) is 5.70. The topological polar surface area (TPSA) is 69.4 Å². The first-order valence-corrected chi connectivity index (χ1v) is 9.60. The molecule has 3 aromatic rings. The van der Waals surface area contributed by atoms with Gasteiger partial charge in [-0.1, -0.05) is 35.9 Å². The molecule has 4 nitrogen and oxygen atoms in total. The fraction of sp³-hybridized carbons (Fsp3) is 0.0526. The van der Waals surface area contributed by atoms with Crippen LogP contribution in [-0.2, 0) is 10.0 Å². The Morgan fingerprint density at radius 3 is 2.19 bits per heavy atom. The molecule has 0 aromatic heterocycles. The summed E-state index contributed by atoms with van der Waals surface area (Å²) >= 11 is 6.03. The summed E-state index contributed by atoms with van der Waals surface area (Å²) in [7, 11) is -2.66. The highest BCUT2D eigenvalue weighted by atomic mass is 35.5. The summed E-state index contributed by atoms with van der Waals surface area (Å²) in [5.74, 6) is -1.85. The highest BCUT2D eigenvalue weighted by Crippen LogP contribution is 2.39. The van der Waals surface area contributed by atoms with Gasteiger partial charge in [0.2, 0.25) is 10.0 Å². The number of benzene rings is 3. The molecule has 0 bridgehead atoms. The Labute approximate surface area is 160 Å². The van der Waals surface area contributed by atoms with Crippen molar-refractivity contribution in [2.75, 3.05) is 7.11 Å². The molecule has 3 rings (SSSR count). The number of hydrogen-bond donors (Lipinski definition) is 1. The van der Waals surface area contributed by atoms with E-state index in [1.807, 2.05) is 0 Å². The molecule has 27 heavy (non-hydrogen) atoms. The average molecular weight is 410 g/mol. The maximum atomic E-state index is 14.0. The van der Waals surface area contributed by atoms with E-state index < -0.39 is 21.7 Å². The number of halogens is 3. The third-order valence-electron chi connectivity index (χ3n) is 4.01. The van der Waals surface area contributed by atoms with Gasteiger partial charge in [0.15, 0.2) is 11.6 Å². The zero-order valence-corrected chi connectivity index (χ0v) is 15.6. The van der Waals surface area contributed by atoms with Gasteiger partial charge in [-0.15, -0.1) is 0 Å². The number of rotatable bonds is 4. The van der Waals surface area contributed by atoms with Crippen LogP contribution in [0.5, 0.6) is 5.75 Å². The molecule has 0 radical (unpaired) electrons. The minimum Gasteiger partial charge on any atom is -0.495 e. The van der Waals surface area contributed by atoms with Crippen LogP contribution in [0.3, 0.4) is 0 Å². The van der Waals surface area contributed by atoms with Gasteiger partial charge in [0.25, 0.3) is 0 Å². The van der Waals surface area contributed by atoms with Crippen LogP contribution in [0.4, 0.5) is 8.78 Å². The minimum absolute atomic E-state index is 0.155. The van der Waals surface area contributed by atoms with Crippen LogP contribution in [0.25, 0.3) is 22.3 Å². The number of methoxy groups -OCH3 is 1. The van der Waals surface area contributed by atoms with Crippen LogP contribution in [-0.4, -0.2) is 15.5 Å². The Bertz CT molecular complexity index is 1130. The molecule has 8 heteroatoms. The molecular weight excluding hydrogens is 396 g/mol. The lowest BCUT2D eigenvalue weighted by Gasteiger charge is -2.15. The molecule has 0 atom stereocenters. The Morgan fingerprint density at radius 2 is 1.56 bits per heavy atom. The summed E-state index contributed by atoms with van der Waals surface area (Å²) < 4.78 is 57.0. The fourth-order valence-electron chi connectivity index (χ4n) is 2.77. The Morgan fingerprint density at radius 1 is 0.926 bits per heavy atom. The second kappa shape index (κ2) is 7.26. The maximum absolute atomic E-state index is 14.0. The van der Waals surface area contributed by atoms with Gasteiger partial charge in [-0.05, 0) is 47.0 Å². The van der Waals surface area contributed by atoms with E-state index in [1.165, 1.54) is 25.3 Å². The van der Waals surface area contributed by atoms with E-state index in [4.69, 9.17) is 21.5 Å². The Kier molecular flexibility index (Phi) is 5.19. The first-order valence-electron chi connectivity index (χ1n) is 7.67. The minimum atomic E-state index is -4.09. The maximum Gasteiger partial charge on any atom is 0.238 e. The van der Waals surface area contributed by atoms with Crippen molar-refractivity contribution in [1.82, 2.24) is 0 Å². The molecule has 0 aliphatic rings. The predicted octanol–water partition coefficient (Wildman–Crippen LogP) is 4.61. The summed E-state index contributed by atoms with van der Waals surface area (Å²) in [6.07, 6.45) is 0. The van der Waals surface area contributed by atoms with Crippen LogP contribution in [0.1, 0.15) is 0 Å². The lowest BCUT2D eigenvalue weighted by molar-refractivity contribution is 0.415. The van der Waals surface area contributed by atoms with Crippen molar-refractivity contribution < 1.29 is 21.9 Å². The molecule has 0 aliphatic heterocycles. The van der Waals surface area contributed by atoms with Crippen LogP contribution in [0.15, 0.2) is 59.5 Å². The molecule has 0 saturated carbocycles. The number of ether oxygens (including phenoxy) is 1. The van der Waals surface area contributed by atoms with Gasteiger partial charge in [0, 0.05) is 5.56 Å². The summed E-state index contributed by atoms with van der Waals surface area (Å²) in [6.45, 7) is 0. The van der Waals surface area contributed by atoms with Gasteiger partial charge in [-0.25, -0.2) is 22.3 Å². The third-order valence-corrected chi connectivity index (χ3v) is 5.29. The van der Waals surface area contributed by atoms with Crippen LogP contribution < -0.4 is 9.88 Å². The number of hydrogen-bond acceptors (Lipinski definition) is 3. The van der Waals surface area contributed by atoms with E-state index in [-0.39, 0.29) is 21.6 Å². The lowest BCUT2D eigenvalue weighted by atomic mass is 9.94. The van der Waals surface area contributed by atoms with Crippen molar-refractivity contribution in [3.8, 4) is 28.0 Å². The van der Waals surface area contributed by atoms with Crippen LogP contribution in [0, 0.1) is 11.6 Å². The van der Waals surface area contributed by atoms with E-state index in [0.717, 1.165) is 12.1 Å². The van der Waals surface area contributed by atoms with Crippen molar-refractivity contribution >= 4 is 21.6 Å². The van der Waals surface area contributed by atoms with Crippen molar-refractivity contribution in [3.63, 3.8) is 0 Å². The normalized spacial score (nSPS) is 11.4. The van der Waals surface area contributed by atoms with E-state index in [1.54, 1.807) is 24.3 Å². The van der Waals surface area contributed by atoms with Gasteiger partial charge in [0.1, 0.15) is 5.75 Å². The number of nitrogens with two attached hydrogens (primary N) is 1. The van der Waals surface area contributed by atoms with E-state index >= 15 is 0 Å². The first kappa shape index (κ1) is 19.3. The lowest BCUT2D eigenvalue weighted by Crippen LogP contribution is -2.13. The molecular formula is C19H14ClF2NO3S. The first-order chi connectivity index (χ1) is 12.7. The Balaban J connectivity index is 2.35. The standard InChI is InChI=1S/C19H14ClF2NO3S/c1-26-18-8-11(6-7-15(18)20)13-9-16(21)17(22)10-14(13)12-4-2-3-5-19(12)27(23,24)25/h2-10H,1H3,(H2,23,24,25).